The Kier molecular flexibility index (Phi) is 8.41. The molecule has 2 rings (SSSR count). The summed E-state index contributed by atoms with van der Waals surface area (Å²) in [6.07, 6.45) is 5.15. The molecule has 0 saturated heterocycles. The molecule has 0 amide bonds. The molecule has 1 aromatic rings. The van der Waals surface area contributed by atoms with E-state index >= 15 is 0 Å². The standard InChI is InChI=1S/C19H31N3O2S/c1-4-20-19(22-15-8-9-18(11-15)25-3)21-12-16(23)13-24-17-7-5-6-14(2)10-17/h5-7,10,15-16,18,23H,4,8-9,11-13H2,1-3H3,(H2,20,21,22). The maximum Gasteiger partial charge on any atom is 0.191 e. The van der Waals surface area contributed by atoms with Gasteiger partial charge in [-0.1, -0.05) is 12.1 Å². The molecule has 3 unspecified atom stereocenters. The van der Waals surface area contributed by atoms with Crippen LogP contribution in [0, 0.1) is 6.92 Å². The number of nitrogens with zero attached hydrogens (tertiary/aromatic N) is 1. The number of guanidine groups is 1. The molecule has 1 fully saturated rings. The largest absolute Gasteiger partial charge is 0.491 e. The number of rotatable bonds is 8. The fourth-order valence-corrected chi connectivity index (χ4v) is 3.74. The van der Waals surface area contributed by atoms with Gasteiger partial charge in [-0.15, -0.1) is 0 Å². The number of ether oxygens (including phenoxy) is 1. The van der Waals surface area contributed by atoms with Crippen LogP contribution in [0.5, 0.6) is 5.75 Å². The number of hydrogen-bond acceptors (Lipinski definition) is 4. The van der Waals surface area contributed by atoms with E-state index in [9.17, 15) is 5.11 Å². The van der Waals surface area contributed by atoms with E-state index in [-0.39, 0.29) is 6.61 Å². The maximum atomic E-state index is 10.1. The van der Waals surface area contributed by atoms with Crippen molar-refractivity contribution in [3.05, 3.63) is 29.8 Å². The van der Waals surface area contributed by atoms with Crippen LogP contribution in [0.15, 0.2) is 29.3 Å². The molecule has 1 aliphatic carbocycles. The van der Waals surface area contributed by atoms with Gasteiger partial charge >= 0.3 is 0 Å². The van der Waals surface area contributed by atoms with Gasteiger partial charge in [-0.2, -0.15) is 11.8 Å². The number of nitrogens with one attached hydrogen (secondary N) is 2. The number of aryl methyl sites for hydroxylation is 1. The van der Waals surface area contributed by atoms with Gasteiger partial charge in [0.2, 0.25) is 0 Å². The van der Waals surface area contributed by atoms with E-state index < -0.39 is 6.10 Å². The molecule has 0 aliphatic heterocycles. The highest BCUT2D eigenvalue weighted by molar-refractivity contribution is 7.99. The van der Waals surface area contributed by atoms with Crippen molar-refractivity contribution in [2.24, 2.45) is 4.99 Å². The van der Waals surface area contributed by atoms with Crippen LogP contribution in [0.2, 0.25) is 0 Å². The van der Waals surface area contributed by atoms with Crippen molar-refractivity contribution in [1.29, 1.82) is 0 Å². The van der Waals surface area contributed by atoms with Crippen molar-refractivity contribution in [2.75, 3.05) is 26.0 Å². The zero-order valence-electron chi connectivity index (χ0n) is 15.5. The molecule has 5 nitrogen and oxygen atoms in total. The number of thioether (sulfide) groups is 1. The van der Waals surface area contributed by atoms with Gasteiger partial charge in [0, 0.05) is 17.8 Å². The van der Waals surface area contributed by atoms with Gasteiger partial charge < -0.3 is 20.5 Å². The smallest absolute Gasteiger partial charge is 0.191 e. The Morgan fingerprint density at radius 3 is 2.96 bits per heavy atom. The van der Waals surface area contributed by atoms with Crippen molar-refractivity contribution in [2.45, 2.75) is 50.5 Å². The third kappa shape index (κ3) is 7.16. The highest BCUT2D eigenvalue weighted by Crippen LogP contribution is 2.28. The first-order valence-electron chi connectivity index (χ1n) is 9.05. The first kappa shape index (κ1) is 19.9. The lowest BCUT2D eigenvalue weighted by Gasteiger charge is -2.18. The molecule has 0 bridgehead atoms. The fourth-order valence-electron chi connectivity index (χ4n) is 2.95. The average Bonchev–Trinajstić information content (AvgIpc) is 3.06. The van der Waals surface area contributed by atoms with Crippen LogP contribution in [-0.2, 0) is 0 Å². The second-order valence-corrected chi connectivity index (χ2v) is 7.65. The maximum absolute atomic E-state index is 10.1. The Morgan fingerprint density at radius 2 is 2.28 bits per heavy atom. The van der Waals surface area contributed by atoms with Crippen molar-refractivity contribution < 1.29 is 9.84 Å². The molecule has 3 atom stereocenters. The Balaban J connectivity index is 1.79. The Bertz CT molecular complexity index is 553. The molecule has 1 aromatic carbocycles. The molecular formula is C19H31N3O2S. The summed E-state index contributed by atoms with van der Waals surface area (Å²) in [5.74, 6) is 1.56. The molecule has 0 heterocycles. The van der Waals surface area contributed by atoms with E-state index in [0.29, 0.717) is 12.6 Å². The number of hydrogen-bond donors (Lipinski definition) is 3. The summed E-state index contributed by atoms with van der Waals surface area (Å²) in [4.78, 5) is 4.52. The minimum absolute atomic E-state index is 0.240. The summed E-state index contributed by atoms with van der Waals surface area (Å²) in [5, 5.41) is 17.6. The van der Waals surface area contributed by atoms with Crippen molar-refractivity contribution in [3.63, 3.8) is 0 Å². The highest BCUT2D eigenvalue weighted by atomic mass is 32.2. The van der Waals surface area contributed by atoms with Crippen molar-refractivity contribution in [1.82, 2.24) is 10.6 Å². The van der Waals surface area contributed by atoms with Crippen LogP contribution in [0.3, 0.4) is 0 Å². The van der Waals surface area contributed by atoms with Crippen LogP contribution < -0.4 is 15.4 Å². The molecule has 0 aromatic heterocycles. The lowest BCUT2D eigenvalue weighted by molar-refractivity contribution is 0.114. The number of aliphatic imine (C=N–C) groups is 1. The highest BCUT2D eigenvalue weighted by Gasteiger charge is 2.24. The molecule has 140 valence electrons. The van der Waals surface area contributed by atoms with Gasteiger partial charge in [0.05, 0.1) is 6.54 Å². The summed E-state index contributed by atoms with van der Waals surface area (Å²) in [6.45, 7) is 5.44. The number of benzene rings is 1. The SMILES string of the molecule is CCNC(=NCC(O)COc1cccc(C)c1)NC1CCC(SC)C1. The zero-order valence-corrected chi connectivity index (χ0v) is 16.3. The first-order valence-corrected chi connectivity index (χ1v) is 10.3. The van der Waals surface area contributed by atoms with Crippen molar-refractivity contribution in [3.8, 4) is 5.75 Å². The van der Waals surface area contributed by atoms with Crippen LogP contribution in [0.1, 0.15) is 31.7 Å². The summed E-state index contributed by atoms with van der Waals surface area (Å²) < 4.78 is 5.64. The van der Waals surface area contributed by atoms with E-state index in [1.807, 2.05) is 49.9 Å². The molecule has 3 N–H and O–H groups in total. The van der Waals surface area contributed by atoms with Gasteiger partial charge in [-0.3, -0.25) is 4.99 Å². The predicted molar refractivity (Wildman–Crippen MR) is 107 cm³/mol. The second-order valence-electron chi connectivity index (χ2n) is 6.51. The Morgan fingerprint density at radius 1 is 1.44 bits per heavy atom. The molecule has 1 saturated carbocycles. The second kappa shape index (κ2) is 10.6. The average molecular weight is 366 g/mol. The lowest BCUT2D eigenvalue weighted by atomic mass is 10.2. The van der Waals surface area contributed by atoms with Gasteiger partial charge in [0.1, 0.15) is 18.5 Å². The quantitative estimate of drug-likeness (QED) is 0.488. The van der Waals surface area contributed by atoms with Crippen LogP contribution >= 0.6 is 11.8 Å². The van der Waals surface area contributed by atoms with E-state index in [2.05, 4.69) is 21.9 Å². The number of aliphatic hydroxyl groups excluding tert-OH is 1. The Hall–Kier alpha value is -1.40. The summed E-state index contributed by atoms with van der Waals surface area (Å²) in [7, 11) is 0. The molecule has 0 spiro atoms. The molecule has 0 radical (unpaired) electrons. The van der Waals surface area contributed by atoms with Gasteiger partial charge in [-0.05, 0) is 57.1 Å². The number of aliphatic hydroxyl groups is 1. The normalized spacial score (nSPS) is 21.8. The van der Waals surface area contributed by atoms with E-state index in [1.54, 1.807) is 0 Å². The monoisotopic (exact) mass is 365 g/mol. The predicted octanol–water partition coefficient (Wildman–Crippen LogP) is 2.57. The van der Waals surface area contributed by atoms with Crippen LogP contribution in [0.4, 0.5) is 0 Å². The van der Waals surface area contributed by atoms with E-state index in [4.69, 9.17) is 4.74 Å². The van der Waals surface area contributed by atoms with Gasteiger partial charge in [-0.25, -0.2) is 0 Å². The summed E-state index contributed by atoms with van der Waals surface area (Å²) >= 11 is 1.94. The third-order valence-corrected chi connectivity index (χ3v) is 5.39. The van der Waals surface area contributed by atoms with Crippen molar-refractivity contribution >= 4 is 17.7 Å². The van der Waals surface area contributed by atoms with Crippen LogP contribution in [0.25, 0.3) is 0 Å². The molecule has 6 heteroatoms. The van der Waals surface area contributed by atoms with E-state index in [0.717, 1.165) is 29.1 Å². The van der Waals surface area contributed by atoms with Gasteiger partial charge in [0.15, 0.2) is 5.96 Å². The summed E-state index contributed by atoms with van der Waals surface area (Å²) in [5.41, 5.74) is 1.14. The summed E-state index contributed by atoms with van der Waals surface area (Å²) in [6, 6.07) is 8.30. The van der Waals surface area contributed by atoms with Crippen LogP contribution in [-0.4, -0.2) is 54.4 Å². The third-order valence-electron chi connectivity index (χ3n) is 4.29. The zero-order chi connectivity index (χ0) is 18.1. The minimum Gasteiger partial charge on any atom is -0.491 e. The minimum atomic E-state index is -0.626. The fraction of sp³-hybridized carbons (Fsp3) is 0.632. The topological polar surface area (TPSA) is 65.9 Å². The lowest BCUT2D eigenvalue weighted by Crippen LogP contribution is -2.43. The van der Waals surface area contributed by atoms with Gasteiger partial charge in [0.25, 0.3) is 0 Å². The van der Waals surface area contributed by atoms with E-state index in [1.165, 1.54) is 19.3 Å². The Labute approximate surface area is 155 Å². The first-order chi connectivity index (χ1) is 12.1. The molecular weight excluding hydrogens is 334 g/mol. The molecule has 1 aliphatic rings. The molecule has 25 heavy (non-hydrogen) atoms.